The second-order valence-electron chi connectivity index (χ2n) is 4.73. The number of hydrogen-bond acceptors (Lipinski definition) is 4. The van der Waals surface area contributed by atoms with Gasteiger partial charge in [-0.25, -0.2) is 4.79 Å². The van der Waals surface area contributed by atoms with Gasteiger partial charge in [-0.15, -0.1) is 0 Å². The number of imide groups is 1. The monoisotopic (exact) mass is 293 g/mol. The summed E-state index contributed by atoms with van der Waals surface area (Å²) in [5.74, 6) is 0.425. The molecule has 1 aromatic rings. The smallest absolute Gasteiger partial charge is 0.321 e. The summed E-state index contributed by atoms with van der Waals surface area (Å²) < 4.78 is 5.11. The molecular weight excluding hydrogens is 270 g/mol. The van der Waals surface area contributed by atoms with Crippen LogP contribution in [0, 0.1) is 0 Å². The van der Waals surface area contributed by atoms with Crippen molar-refractivity contribution < 1.29 is 14.3 Å². The Kier molecular flexibility index (Phi) is 6.68. The molecule has 3 amide bonds. The Morgan fingerprint density at radius 1 is 1.19 bits per heavy atom. The molecule has 6 nitrogen and oxygen atoms in total. The molecule has 0 aliphatic carbocycles. The zero-order valence-corrected chi connectivity index (χ0v) is 12.9. The molecular formula is C15H23N3O3. The topological polar surface area (TPSA) is 79.5 Å². The van der Waals surface area contributed by atoms with Crippen LogP contribution in [0.1, 0.15) is 32.4 Å². The van der Waals surface area contributed by atoms with Crippen LogP contribution in [0.15, 0.2) is 24.3 Å². The highest BCUT2D eigenvalue weighted by Gasteiger charge is 2.18. The molecule has 0 spiro atoms. The minimum Gasteiger partial charge on any atom is -0.497 e. The van der Waals surface area contributed by atoms with Gasteiger partial charge in [-0.3, -0.25) is 15.4 Å². The summed E-state index contributed by atoms with van der Waals surface area (Å²) >= 11 is 0. The van der Waals surface area contributed by atoms with E-state index < -0.39 is 12.1 Å². The number of nitrogens with one attached hydrogen (secondary N) is 3. The number of rotatable bonds is 6. The van der Waals surface area contributed by atoms with Crippen LogP contribution in [-0.4, -0.2) is 31.6 Å². The van der Waals surface area contributed by atoms with Crippen LogP contribution in [-0.2, 0) is 4.79 Å². The molecule has 0 saturated heterocycles. The average Bonchev–Trinajstić information content (AvgIpc) is 2.47. The molecule has 0 heterocycles. The lowest BCUT2D eigenvalue weighted by Crippen LogP contribution is -2.48. The maximum atomic E-state index is 11.8. The van der Waals surface area contributed by atoms with Crippen molar-refractivity contribution >= 4 is 11.9 Å². The van der Waals surface area contributed by atoms with Gasteiger partial charge in [0, 0.05) is 12.6 Å². The van der Waals surface area contributed by atoms with E-state index >= 15 is 0 Å². The third kappa shape index (κ3) is 5.43. The highest BCUT2D eigenvalue weighted by molar-refractivity contribution is 5.96. The first-order valence-corrected chi connectivity index (χ1v) is 6.96. The van der Waals surface area contributed by atoms with Crippen molar-refractivity contribution in [3.63, 3.8) is 0 Å². The van der Waals surface area contributed by atoms with Gasteiger partial charge in [-0.1, -0.05) is 12.1 Å². The van der Waals surface area contributed by atoms with Crippen LogP contribution in [0.25, 0.3) is 0 Å². The molecule has 2 unspecified atom stereocenters. The van der Waals surface area contributed by atoms with Gasteiger partial charge in [0.05, 0.1) is 13.2 Å². The van der Waals surface area contributed by atoms with Crippen molar-refractivity contribution in [2.24, 2.45) is 0 Å². The Bertz CT molecular complexity index is 474. The molecule has 0 fully saturated rings. The zero-order chi connectivity index (χ0) is 15.8. The standard InChI is InChI=1S/C15H23N3O3/c1-5-16-15(20)18-14(19)11(3)17-10(2)12-6-8-13(21-4)9-7-12/h6-11,17H,5H2,1-4H3,(H2,16,18,19,20). The van der Waals surface area contributed by atoms with Crippen molar-refractivity contribution in [1.29, 1.82) is 0 Å². The van der Waals surface area contributed by atoms with Gasteiger partial charge < -0.3 is 10.1 Å². The lowest BCUT2D eigenvalue weighted by atomic mass is 10.1. The molecule has 21 heavy (non-hydrogen) atoms. The third-order valence-corrected chi connectivity index (χ3v) is 3.08. The first-order chi connectivity index (χ1) is 9.97. The second-order valence-corrected chi connectivity index (χ2v) is 4.73. The van der Waals surface area contributed by atoms with E-state index in [0.29, 0.717) is 6.54 Å². The zero-order valence-electron chi connectivity index (χ0n) is 12.9. The summed E-state index contributed by atoms with van der Waals surface area (Å²) in [7, 11) is 1.62. The van der Waals surface area contributed by atoms with Crippen LogP contribution in [0.4, 0.5) is 4.79 Å². The molecule has 1 rings (SSSR count). The lowest BCUT2D eigenvalue weighted by molar-refractivity contribution is -0.121. The van der Waals surface area contributed by atoms with Crippen LogP contribution < -0.4 is 20.7 Å². The summed E-state index contributed by atoms with van der Waals surface area (Å²) in [6.45, 7) is 5.94. The number of methoxy groups -OCH3 is 1. The van der Waals surface area contributed by atoms with Gasteiger partial charge in [0.1, 0.15) is 5.75 Å². The normalized spacial score (nSPS) is 13.1. The van der Waals surface area contributed by atoms with E-state index in [1.54, 1.807) is 21.0 Å². The molecule has 6 heteroatoms. The van der Waals surface area contributed by atoms with Crippen LogP contribution >= 0.6 is 0 Å². The van der Waals surface area contributed by atoms with Gasteiger partial charge >= 0.3 is 6.03 Å². The summed E-state index contributed by atoms with van der Waals surface area (Å²) in [5.41, 5.74) is 1.04. The van der Waals surface area contributed by atoms with Crippen molar-refractivity contribution in [3.05, 3.63) is 29.8 Å². The Hall–Kier alpha value is -2.08. The molecule has 0 aliphatic rings. The van der Waals surface area contributed by atoms with Gasteiger partial charge in [0.2, 0.25) is 5.91 Å². The summed E-state index contributed by atoms with van der Waals surface area (Å²) in [4.78, 5) is 23.1. The molecule has 0 aliphatic heterocycles. The van der Waals surface area contributed by atoms with Crippen molar-refractivity contribution in [2.45, 2.75) is 32.9 Å². The summed E-state index contributed by atoms with van der Waals surface area (Å²) in [6, 6.07) is 6.62. The fraction of sp³-hybridized carbons (Fsp3) is 0.467. The maximum Gasteiger partial charge on any atom is 0.321 e. The first kappa shape index (κ1) is 17.0. The third-order valence-electron chi connectivity index (χ3n) is 3.08. The molecule has 0 aromatic heterocycles. The molecule has 3 N–H and O–H groups in total. The second kappa shape index (κ2) is 8.26. The van der Waals surface area contributed by atoms with Crippen molar-refractivity contribution in [2.75, 3.05) is 13.7 Å². The maximum absolute atomic E-state index is 11.8. The van der Waals surface area contributed by atoms with E-state index in [1.807, 2.05) is 31.2 Å². The quantitative estimate of drug-likeness (QED) is 0.744. The van der Waals surface area contributed by atoms with E-state index in [-0.39, 0.29) is 11.9 Å². The molecule has 0 saturated carbocycles. The highest BCUT2D eigenvalue weighted by atomic mass is 16.5. The van der Waals surface area contributed by atoms with Gasteiger partial charge in [0.15, 0.2) is 0 Å². The molecule has 0 bridgehead atoms. The molecule has 116 valence electrons. The van der Waals surface area contributed by atoms with Crippen molar-refractivity contribution in [3.8, 4) is 5.75 Å². The Balaban J connectivity index is 2.54. The van der Waals surface area contributed by atoms with E-state index in [0.717, 1.165) is 11.3 Å². The number of urea groups is 1. The van der Waals surface area contributed by atoms with Crippen molar-refractivity contribution in [1.82, 2.24) is 16.0 Å². The Morgan fingerprint density at radius 3 is 2.33 bits per heavy atom. The highest BCUT2D eigenvalue weighted by Crippen LogP contribution is 2.17. The molecule has 2 atom stereocenters. The van der Waals surface area contributed by atoms with Gasteiger partial charge in [-0.05, 0) is 38.5 Å². The SMILES string of the molecule is CCNC(=O)NC(=O)C(C)NC(C)c1ccc(OC)cc1. The van der Waals surface area contributed by atoms with E-state index in [9.17, 15) is 9.59 Å². The predicted molar refractivity (Wildman–Crippen MR) is 81.2 cm³/mol. The number of hydrogen-bond donors (Lipinski definition) is 3. The summed E-state index contributed by atoms with van der Waals surface area (Å²) in [6.07, 6.45) is 0. The largest absolute Gasteiger partial charge is 0.497 e. The first-order valence-electron chi connectivity index (χ1n) is 6.96. The minimum atomic E-state index is -0.482. The van der Waals surface area contributed by atoms with Crippen LogP contribution in [0.2, 0.25) is 0 Å². The van der Waals surface area contributed by atoms with Crippen LogP contribution in [0.3, 0.4) is 0 Å². The average molecular weight is 293 g/mol. The fourth-order valence-electron chi connectivity index (χ4n) is 1.86. The minimum absolute atomic E-state index is 0.0223. The predicted octanol–water partition coefficient (Wildman–Crippen LogP) is 1.58. The Labute approximate surface area is 125 Å². The van der Waals surface area contributed by atoms with E-state index in [4.69, 9.17) is 4.74 Å². The number of carbonyl (C=O) groups is 2. The number of amides is 3. The van der Waals surface area contributed by atoms with Crippen LogP contribution in [0.5, 0.6) is 5.75 Å². The number of benzene rings is 1. The number of ether oxygens (including phenoxy) is 1. The fourth-order valence-corrected chi connectivity index (χ4v) is 1.86. The van der Waals surface area contributed by atoms with E-state index in [2.05, 4.69) is 16.0 Å². The molecule has 0 radical (unpaired) electrons. The number of carbonyl (C=O) groups excluding carboxylic acids is 2. The lowest BCUT2D eigenvalue weighted by Gasteiger charge is -2.20. The van der Waals surface area contributed by atoms with Gasteiger partial charge in [0.25, 0.3) is 0 Å². The Morgan fingerprint density at radius 2 is 1.81 bits per heavy atom. The van der Waals surface area contributed by atoms with Gasteiger partial charge in [-0.2, -0.15) is 0 Å². The molecule has 1 aromatic carbocycles. The van der Waals surface area contributed by atoms with E-state index in [1.165, 1.54) is 0 Å². The summed E-state index contributed by atoms with van der Waals surface area (Å²) in [5, 5.41) is 7.95.